The van der Waals surface area contributed by atoms with Crippen molar-refractivity contribution in [3.8, 4) is 0 Å². The Morgan fingerprint density at radius 1 is 1.07 bits per heavy atom. The van der Waals surface area contributed by atoms with Gasteiger partial charge < -0.3 is 19.9 Å². The number of hydrogen-bond acceptors (Lipinski definition) is 4. The molecule has 29 heavy (non-hydrogen) atoms. The predicted octanol–water partition coefficient (Wildman–Crippen LogP) is 3.21. The molecule has 0 aromatic heterocycles. The van der Waals surface area contributed by atoms with E-state index in [0.717, 1.165) is 30.0 Å². The van der Waals surface area contributed by atoms with Crippen LogP contribution in [-0.4, -0.2) is 49.6 Å². The molecule has 6 nitrogen and oxygen atoms in total. The Morgan fingerprint density at radius 3 is 2.45 bits per heavy atom. The van der Waals surface area contributed by atoms with Gasteiger partial charge in [0.05, 0.1) is 24.6 Å². The highest BCUT2D eigenvalue weighted by Crippen LogP contribution is 2.26. The molecule has 0 spiro atoms. The molecule has 154 valence electrons. The first-order valence-electron chi connectivity index (χ1n) is 10.1. The third kappa shape index (κ3) is 6.06. The quantitative estimate of drug-likeness (QED) is 0.782. The SMILES string of the molecule is CC(=O)N(CCC(=O)Nc1ccccc1N1CCOCC1)Cc1ccc(C)cc1. The lowest BCUT2D eigenvalue weighted by molar-refractivity contribution is -0.129. The molecule has 6 heteroatoms. The summed E-state index contributed by atoms with van der Waals surface area (Å²) in [7, 11) is 0. The van der Waals surface area contributed by atoms with Crippen LogP contribution in [0.1, 0.15) is 24.5 Å². The monoisotopic (exact) mass is 395 g/mol. The summed E-state index contributed by atoms with van der Waals surface area (Å²) in [6.45, 7) is 7.46. The summed E-state index contributed by atoms with van der Waals surface area (Å²) in [6.07, 6.45) is 0.253. The number of morpholine rings is 1. The molecular weight excluding hydrogens is 366 g/mol. The van der Waals surface area contributed by atoms with E-state index in [1.807, 2.05) is 55.5 Å². The fraction of sp³-hybridized carbons (Fsp3) is 0.391. The van der Waals surface area contributed by atoms with Crippen LogP contribution in [0.4, 0.5) is 11.4 Å². The van der Waals surface area contributed by atoms with Gasteiger partial charge in [0.1, 0.15) is 0 Å². The Bertz CT molecular complexity index is 830. The van der Waals surface area contributed by atoms with Crippen LogP contribution in [0.25, 0.3) is 0 Å². The molecule has 0 saturated carbocycles. The van der Waals surface area contributed by atoms with E-state index < -0.39 is 0 Å². The number of para-hydroxylation sites is 2. The molecule has 0 bridgehead atoms. The Kier molecular flexibility index (Phi) is 7.25. The van der Waals surface area contributed by atoms with E-state index in [9.17, 15) is 9.59 Å². The molecule has 2 amide bonds. The van der Waals surface area contributed by atoms with Crippen molar-refractivity contribution in [3.05, 3.63) is 59.7 Å². The van der Waals surface area contributed by atoms with Crippen molar-refractivity contribution in [2.75, 3.05) is 43.1 Å². The van der Waals surface area contributed by atoms with Crippen LogP contribution in [0.3, 0.4) is 0 Å². The molecule has 2 aromatic rings. The van der Waals surface area contributed by atoms with Crippen molar-refractivity contribution in [1.82, 2.24) is 4.90 Å². The number of anilines is 2. The van der Waals surface area contributed by atoms with Gasteiger partial charge in [-0.1, -0.05) is 42.0 Å². The summed E-state index contributed by atoms with van der Waals surface area (Å²) < 4.78 is 5.42. The first-order valence-corrected chi connectivity index (χ1v) is 10.1. The number of amides is 2. The maximum absolute atomic E-state index is 12.6. The second-order valence-electron chi connectivity index (χ2n) is 7.34. The normalized spacial score (nSPS) is 13.8. The minimum atomic E-state index is -0.0964. The van der Waals surface area contributed by atoms with Crippen LogP contribution in [0.15, 0.2) is 48.5 Å². The van der Waals surface area contributed by atoms with Crippen LogP contribution in [0.5, 0.6) is 0 Å². The minimum absolute atomic E-state index is 0.0351. The van der Waals surface area contributed by atoms with Gasteiger partial charge >= 0.3 is 0 Å². The number of rotatable bonds is 7. The van der Waals surface area contributed by atoms with E-state index in [4.69, 9.17) is 4.74 Å². The highest BCUT2D eigenvalue weighted by Gasteiger charge is 2.17. The zero-order chi connectivity index (χ0) is 20.6. The van der Waals surface area contributed by atoms with Crippen LogP contribution in [0, 0.1) is 6.92 Å². The first-order chi connectivity index (χ1) is 14.0. The highest BCUT2D eigenvalue weighted by atomic mass is 16.5. The summed E-state index contributed by atoms with van der Waals surface area (Å²) >= 11 is 0. The van der Waals surface area contributed by atoms with Gasteiger partial charge in [-0.15, -0.1) is 0 Å². The maximum Gasteiger partial charge on any atom is 0.226 e. The molecule has 1 fully saturated rings. The topological polar surface area (TPSA) is 61.9 Å². The van der Waals surface area contributed by atoms with Crippen LogP contribution < -0.4 is 10.2 Å². The molecule has 1 aliphatic rings. The summed E-state index contributed by atoms with van der Waals surface area (Å²) in [6, 6.07) is 15.9. The lowest BCUT2D eigenvalue weighted by atomic mass is 10.1. The van der Waals surface area contributed by atoms with Gasteiger partial charge in [-0.3, -0.25) is 9.59 Å². The van der Waals surface area contributed by atoms with Gasteiger partial charge in [0.15, 0.2) is 0 Å². The molecule has 0 aliphatic carbocycles. The van der Waals surface area contributed by atoms with E-state index in [1.165, 1.54) is 5.56 Å². The number of ether oxygens (including phenoxy) is 1. The minimum Gasteiger partial charge on any atom is -0.378 e. The van der Waals surface area contributed by atoms with Crippen LogP contribution in [-0.2, 0) is 20.9 Å². The van der Waals surface area contributed by atoms with Crippen molar-refractivity contribution in [2.45, 2.75) is 26.8 Å². The zero-order valence-corrected chi connectivity index (χ0v) is 17.2. The molecular formula is C23H29N3O3. The molecule has 3 rings (SSSR count). The van der Waals surface area contributed by atoms with Crippen LogP contribution >= 0.6 is 0 Å². The fourth-order valence-electron chi connectivity index (χ4n) is 3.37. The molecule has 0 unspecified atom stereocenters. The van der Waals surface area contributed by atoms with Crippen molar-refractivity contribution < 1.29 is 14.3 Å². The van der Waals surface area contributed by atoms with Crippen molar-refractivity contribution in [2.24, 2.45) is 0 Å². The summed E-state index contributed by atoms with van der Waals surface area (Å²) in [5.74, 6) is -0.132. The van der Waals surface area contributed by atoms with Gasteiger partial charge in [-0.05, 0) is 24.6 Å². The average molecular weight is 396 g/mol. The Balaban J connectivity index is 1.58. The van der Waals surface area contributed by atoms with E-state index in [-0.39, 0.29) is 18.2 Å². The lowest BCUT2D eigenvalue weighted by Gasteiger charge is -2.30. The Labute approximate surface area is 172 Å². The molecule has 1 saturated heterocycles. The van der Waals surface area contributed by atoms with Crippen molar-refractivity contribution >= 4 is 23.2 Å². The lowest BCUT2D eigenvalue weighted by Crippen LogP contribution is -2.37. The van der Waals surface area contributed by atoms with Gasteiger partial charge in [-0.2, -0.15) is 0 Å². The molecule has 1 N–H and O–H groups in total. The van der Waals surface area contributed by atoms with Crippen molar-refractivity contribution in [3.63, 3.8) is 0 Å². The van der Waals surface area contributed by atoms with Crippen molar-refractivity contribution in [1.29, 1.82) is 0 Å². The standard InChI is InChI=1S/C23H29N3O3/c1-18-7-9-20(10-8-18)17-26(19(2)27)12-11-23(28)24-21-5-3-4-6-22(21)25-13-15-29-16-14-25/h3-10H,11-17H2,1-2H3,(H,24,28). The molecule has 1 aliphatic heterocycles. The average Bonchev–Trinajstić information content (AvgIpc) is 2.73. The van der Waals surface area contributed by atoms with E-state index in [0.29, 0.717) is 26.3 Å². The van der Waals surface area contributed by atoms with E-state index >= 15 is 0 Å². The molecule has 0 atom stereocenters. The Morgan fingerprint density at radius 2 is 1.76 bits per heavy atom. The molecule has 0 radical (unpaired) electrons. The van der Waals surface area contributed by atoms with Crippen LogP contribution in [0.2, 0.25) is 0 Å². The number of nitrogens with one attached hydrogen (secondary N) is 1. The summed E-state index contributed by atoms with van der Waals surface area (Å²) in [4.78, 5) is 28.5. The van der Waals surface area contributed by atoms with Gasteiger partial charge in [0.25, 0.3) is 0 Å². The number of carbonyl (C=O) groups is 2. The second kappa shape index (κ2) is 10.1. The third-order valence-electron chi connectivity index (χ3n) is 5.08. The Hall–Kier alpha value is -2.86. The van der Waals surface area contributed by atoms with E-state index in [1.54, 1.807) is 11.8 Å². The zero-order valence-electron chi connectivity index (χ0n) is 17.2. The fourth-order valence-corrected chi connectivity index (χ4v) is 3.37. The summed E-state index contributed by atoms with van der Waals surface area (Å²) in [5.41, 5.74) is 4.05. The number of carbonyl (C=O) groups excluding carboxylic acids is 2. The number of benzene rings is 2. The van der Waals surface area contributed by atoms with E-state index in [2.05, 4.69) is 10.2 Å². The highest BCUT2D eigenvalue weighted by molar-refractivity contribution is 5.94. The summed E-state index contributed by atoms with van der Waals surface area (Å²) in [5, 5.41) is 3.01. The predicted molar refractivity (Wildman–Crippen MR) is 115 cm³/mol. The smallest absolute Gasteiger partial charge is 0.226 e. The maximum atomic E-state index is 12.6. The number of hydrogen-bond donors (Lipinski definition) is 1. The molecule has 1 heterocycles. The second-order valence-corrected chi connectivity index (χ2v) is 7.34. The molecule has 2 aromatic carbocycles. The first kappa shape index (κ1) is 20.9. The van der Waals surface area contributed by atoms with Gasteiger partial charge in [0, 0.05) is 39.5 Å². The largest absolute Gasteiger partial charge is 0.378 e. The number of nitrogens with zero attached hydrogens (tertiary/aromatic N) is 2. The van der Waals surface area contributed by atoms with Gasteiger partial charge in [0.2, 0.25) is 11.8 Å². The number of aryl methyl sites for hydroxylation is 1. The third-order valence-corrected chi connectivity index (χ3v) is 5.08. The van der Waals surface area contributed by atoms with Gasteiger partial charge in [-0.25, -0.2) is 0 Å².